The number of hydrogen-bond donors (Lipinski definition) is 3. The molecule has 0 bridgehead atoms. The summed E-state index contributed by atoms with van der Waals surface area (Å²) in [5.41, 5.74) is 0.367. The molecule has 0 aromatic heterocycles. The molecule has 1 rings (SSSR count). The first kappa shape index (κ1) is 12.0. The molecule has 0 radical (unpaired) electrons. The number of carboxylic acid groups (broad SMARTS) is 1. The number of hydrogen-bond acceptors (Lipinski definition) is 4. The van der Waals surface area contributed by atoms with Gasteiger partial charge >= 0.3 is 6.16 Å². The molecular formula is C10H11NO5. The zero-order valence-electron chi connectivity index (χ0n) is 8.34. The summed E-state index contributed by atoms with van der Waals surface area (Å²) in [7, 11) is 0. The van der Waals surface area contributed by atoms with Crippen molar-refractivity contribution in [3.8, 4) is 5.75 Å². The van der Waals surface area contributed by atoms with Gasteiger partial charge in [-0.05, 0) is 24.3 Å². The van der Waals surface area contributed by atoms with Crippen molar-refractivity contribution in [3.05, 3.63) is 29.8 Å². The van der Waals surface area contributed by atoms with Crippen LogP contribution >= 0.6 is 0 Å². The molecule has 6 heteroatoms. The van der Waals surface area contributed by atoms with E-state index in [-0.39, 0.29) is 24.8 Å². The molecule has 0 fully saturated rings. The Bertz CT molecular complexity index is 373. The number of aliphatic hydroxyl groups excluding tert-OH is 1. The van der Waals surface area contributed by atoms with E-state index < -0.39 is 6.16 Å². The van der Waals surface area contributed by atoms with Gasteiger partial charge in [0.25, 0.3) is 5.91 Å². The predicted octanol–water partition coefficient (Wildman–Crippen LogP) is 0.465. The molecule has 0 spiro atoms. The minimum absolute atomic E-state index is 0.133. The number of rotatable bonds is 4. The van der Waals surface area contributed by atoms with E-state index in [1.165, 1.54) is 24.3 Å². The Hall–Kier alpha value is -2.08. The standard InChI is InChI=1S/C10H11NO5/c12-6-5-11-9(13)7-1-3-8(4-2-7)16-10(14)15/h1-4,12H,5-6H2,(H,11,13)(H,14,15). The summed E-state index contributed by atoms with van der Waals surface area (Å²) >= 11 is 0. The molecule has 0 heterocycles. The van der Waals surface area contributed by atoms with Gasteiger partial charge in [-0.2, -0.15) is 0 Å². The Morgan fingerprint density at radius 2 is 1.88 bits per heavy atom. The smallest absolute Gasteiger partial charge is 0.449 e. The highest BCUT2D eigenvalue weighted by Gasteiger charge is 2.05. The van der Waals surface area contributed by atoms with Crippen molar-refractivity contribution in [1.82, 2.24) is 5.32 Å². The third kappa shape index (κ3) is 3.58. The molecule has 0 unspecified atom stereocenters. The molecule has 1 amide bonds. The molecule has 1 aromatic carbocycles. The lowest BCUT2D eigenvalue weighted by atomic mass is 10.2. The van der Waals surface area contributed by atoms with Crippen LogP contribution in [0, 0.1) is 0 Å². The summed E-state index contributed by atoms with van der Waals surface area (Å²) in [4.78, 5) is 21.6. The summed E-state index contributed by atoms with van der Waals surface area (Å²) in [5.74, 6) is -0.192. The Balaban J connectivity index is 2.63. The summed E-state index contributed by atoms with van der Waals surface area (Å²) in [6.45, 7) is 0.0398. The molecule has 16 heavy (non-hydrogen) atoms. The maximum absolute atomic E-state index is 11.4. The van der Waals surface area contributed by atoms with Gasteiger partial charge in [0.1, 0.15) is 5.75 Å². The van der Waals surface area contributed by atoms with E-state index in [1.54, 1.807) is 0 Å². The minimum Gasteiger partial charge on any atom is -0.449 e. The monoisotopic (exact) mass is 225 g/mol. The van der Waals surface area contributed by atoms with E-state index in [9.17, 15) is 9.59 Å². The second-order valence-corrected chi connectivity index (χ2v) is 2.87. The highest BCUT2D eigenvalue weighted by Crippen LogP contribution is 2.12. The number of ether oxygens (including phenoxy) is 1. The summed E-state index contributed by atoms with van der Waals surface area (Å²) in [5, 5.41) is 19.3. The average molecular weight is 225 g/mol. The van der Waals surface area contributed by atoms with Crippen LogP contribution in [0.1, 0.15) is 10.4 Å². The molecule has 0 aliphatic carbocycles. The summed E-state index contributed by atoms with van der Waals surface area (Å²) in [6.07, 6.45) is -1.41. The van der Waals surface area contributed by atoms with Crippen molar-refractivity contribution >= 4 is 12.1 Å². The molecule has 6 nitrogen and oxygen atoms in total. The van der Waals surface area contributed by atoms with Gasteiger partial charge in [0, 0.05) is 12.1 Å². The first-order chi connectivity index (χ1) is 7.63. The van der Waals surface area contributed by atoms with Gasteiger partial charge in [-0.1, -0.05) is 0 Å². The number of carbonyl (C=O) groups excluding carboxylic acids is 1. The van der Waals surface area contributed by atoms with Crippen LogP contribution in [0.3, 0.4) is 0 Å². The average Bonchev–Trinajstić information content (AvgIpc) is 2.26. The van der Waals surface area contributed by atoms with Gasteiger partial charge in [-0.25, -0.2) is 4.79 Å². The third-order valence-electron chi connectivity index (χ3n) is 1.72. The first-order valence-corrected chi connectivity index (χ1v) is 4.53. The Morgan fingerprint density at radius 1 is 1.25 bits per heavy atom. The normalized spacial score (nSPS) is 9.56. The fraction of sp³-hybridized carbons (Fsp3) is 0.200. The van der Waals surface area contributed by atoms with Crippen LogP contribution < -0.4 is 10.1 Å². The summed E-state index contributed by atoms with van der Waals surface area (Å²) < 4.78 is 4.38. The van der Waals surface area contributed by atoms with E-state index in [1.807, 2.05) is 0 Å². The van der Waals surface area contributed by atoms with Crippen molar-refractivity contribution in [2.24, 2.45) is 0 Å². The van der Waals surface area contributed by atoms with Crippen LogP contribution in [0.2, 0.25) is 0 Å². The number of amides is 1. The highest BCUT2D eigenvalue weighted by molar-refractivity contribution is 5.94. The molecule has 0 aliphatic heterocycles. The molecule has 0 saturated carbocycles. The third-order valence-corrected chi connectivity index (χ3v) is 1.72. The van der Waals surface area contributed by atoms with E-state index in [0.717, 1.165) is 0 Å². The van der Waals surface area contributed by atoms with E-state index in [2.05, 4.69) is 10.1 Å². The number of nitrogens with one attached hydrogen (secondary N) is 1. The highest BCUT2D eigenvalue weighted by atomic mass is 16.7. The molecule has 0 aliphatic rings. The Labute approximate surface area is 91.5 Å². The lowest BCUT2D eigenvalue weighted by molar-refractivity contribution is 0.0945. The van der Waals surface area contributed by atoms with Gasteiger partial charge in [0.05, 0.1) is 6.61 Å². The van der Waals surface area contributed by atoms with Gasteiger partial charge in [0.15, 0.2) is 0 Å². The van der Waals surface area contributed by atoms with Crippen molar-refractivity contribution in [2.45, 2.75) is 0 Å². The molecule has 86 valence electrons. The fourth-order valence-corrected chi connectivity index (χ4v) is 1.05. The maximum atomic E-state index is 11.4. The van der Waals surface area contributed by atoms with Crippen molar-refractivity contribution in [3.63, 3.8) is 0 Å². The van der Waals surface area contributed by atoms with Crippen LogP contribution in [0.5, 0.6) is 5.75 Å². The lowest BCUT2D eigenvalue weighted by Crippen LogP contribution is -2.26. The van der Waals surface area contributed by atoms with Crippen LogP contribution in [0.15, 0.2) is 24.3 Å². The molecular weight excluding hydrogens is 214 g/mol. The Kier molecular flexibility index (Phi) is 4.28. The molecule has 3 N–H and O–H groups in total. The van der Waals surface area contributed by atoms with Crippen molar-refractivity contribution in [2.75, 3.05) is 13.2 Å². The largest absolute Gasteiger partial charge is 0.511 e. The SMILES string of the molecule is O=C(O)Oc1ccc(C(=O)NCCO)cc1. The van der Waals surface area contributed by atoms with Gasteiger partial charge in [-0.15, -0.1) is 0 Å². The van der Waals surface area contributed by atoms with E-state index in [0.29, 0.717) is 5.56 Å². The molecule has 0 atom stereocenters. The quantitative estimate of drug-likeness (QED) is 0.511. The number of carbonyl (C=O) groups is 2. The van der Waals surface area contributed by atoms with Crippen LogP contribution in [-0.2, 0) is 0 Å². The van der Waals surface area contributed by atoms with E-state index >= 15 is 0 Å². The topological polar surface area (TPSA) is 95.9 Å². The van der Waals surface area contributed by atoms with Crippen molar-refractivity contribution in [1.29, 1.82) is 0 Å². The van der Waals surface area contributed by atoms with Gasteiger partial charge in [0.2, 0.25) is 0 Å². The minimum atomic E-state index is -1.41. The van der Waals surface area contributed by atoms with Crippen LogP contribution in [-0.4, -0.2) is 35.4 Å². The molecule has 0 saturated heterocycles. The summed E-state index contributed by atoms with van der Waals surface area (Å²) in [6, 6.07) is 5.62. The van der Waals surface area contributed by atoms with E-state index in [4.69, 9.17) is 10.2 Å². The van der Waals surface area contributed by atoms with Crippen LogP contribution in [0.4, 0.5) is 4.79 Å². The maximum Gasteiger partial charge on any atom is 0.511 e. The molecule has 1 aromatic rings. The predicted molar refractivity (Wildman–Crippen MR) is 54.5 cm³/mol. The second-order valence-electron chi connectivity index (χ2n) is 2.87. The first-order valence-electron chi connectivity index (χ1n) is 4.53. The zero-order valence-corrected chi connectivity index (χ0v) is 8.34. The van der Waals surface area contributed by atoms with Gasteiger partial charge < -0.3 is 20.3 Å². The van der Waals surface area contributed by atoms with Crippen LogP contribution in [0.25, 0.3) is 0 Å². The lowest BCUT2D eigenvalue weighted by Gasteiger charge is -2.04. The van der Waals surface area contributed by atoms with Gasteiger partial charge in [-0.3, -0.25) is 4.79 Å². The van der Waals surface area contributed by atoms with Crippen molar-refractivity contribution < 1.29 is 24.5 Å². The zero-order chi connectivity index (χ0) is 12.0. The Morgan fingerprint density at radius 3 is 2.38 bits per heavy atom. The second kappa shape index (κ2) is 5.72. The number of benzene rings is 1. The fourth-order valence-electron chi connectivity index (χ4n) is 1.05. The number of aliphatic hydroxyl groups is 1.